The molecular weight excluding hydrogens is 232 g/mol. The van der Waals surface area contributed by atoms with E-state index in [1.807, 2.05) is 6.92 Å². The number of aryl methyl sites for hydroxylation is 1. The van der Waals surface area contributed by atoms with Crippen LogP contribution in [0.1, 0.15) is 29.4 Å². The molecular formula is C13H18N2O3. The Morgan fingerprint density at radius 1 is 1.67 bits per heavy atom. The molecule has 1 aromatic rings. The lowest BCUT2D eigenvalue weighted by atomic mass is 10.0. The van der Waals surface area contributed by atoms with Crippen LogP contribution in [0.25, 0.3) is 0 Å². The Labute approximate surface area is 106 Å². The van der Waals surface area contributed by atoms with Gasteiger partial charge in [-0.2, -0.15) is 0 Å². The number of ether oxygens (including phenoxy) is 1. The molecule has 2 unspecified atom stereocenters. The van der Waals surface area contributed by atoms with Crippen molar-refractivity contribution in [2.24, 2.45) is 5.92 Å². The van der Waals surface area contributed by atoms with E-state index in [0.29, 0.717) is 11.6 Å². The zero-order chi connectivity index (χ0) is 13.1. The first-order valence-electron chi connectivity index (χ1n) is 6.13. The number of aromatic carboxylic acids is 1. The summed E-state index contributed by atoms with van der Waals surface area (Å²) in [6, 6.07) is 1.77. The second-order valence-corrected chi connectivity index (χ2v) is 4.68. The molecule has 0 spiro atoms. The van der Waals surface area contributed by atoms with E-state index in [0.717, 1.165) is 25.3 Å². The van der Waals surface area contributed by atoms with Crippen LogP contribution >= 0.6 is 0 Å². The summed E-state index contributed by atoms with van der Waals surface area (Å²) >= 11 is 0. The number of aromatic nitrogens is 1. The maximum absolute atomic E-state index is 11.1. The molecule has 2 N–H and O–H groups in total. The first-order valence-corrected chi connectivity index (χ1v) is 6.13. The molecule has 0 saturated carbocycles. The topological polar surface area (TPSA) is 71.5 Å². The van der Waals surface area contributed by atoms with E-state index in [1.165, 1.54) is 6.20 Å². The fraction of sp³-hybridized carbons (Fsp3) is 0.538. The maximum Gasteiger partial charge on any atom is 0.339 e. The number of nitrogens with zero attached hydrogens (tertiary/aromatic N) is 1. The van der Waals surface area contributed by atoms with Crippen molar-refractivity contribution in [1.82, 2.24) is 4.98 Å². The molecule has 18 heavy (non-hydrogen) atoms. The molecule has 2 heterocycles. The minimum Gasteiger partial charge on any atom is -0.478 e. The molecule has 5 nitrogen and oxygen atoms in total. The number of pyridine rings is 1. The zero-order valence-electron chi connectivity index (χ0n) is 10.6. The third-order valence-electron chi connectivity index (χ3n) is 3.36. The Morgan fingerprint density at radius 2 is 2.44 bits per heavy atom. The van der Waals surface area contributed by atoms with E-state index in [2.05, 4.69) is 17.2 Å². The molecule has 0 bridgehead atoms. The van der Waals surface area contributed by atoms with Gasteiger partial charge in [-0.25, -0.2) is 4.79 Å². The first-order chi connectivity index (χ1) is 8.58. The molecule has 1 fully saturated rings. The van der Waals surface area contributed by atoms with Gasteiger partial charge in [-0.05, 0) is 26.3 Å². The van der Waals surface area contributed by atoms with E-state index in [1.54, 1.807) is 6.07 Å². The number of carboxylic acids is 1. The van der Waals surface area contributed by atoms with Crippen LogP contribution in [-0.2, 0) is 4.74 Å². The normalized spacial score (nSPS) is 23.0. The highest BCUT2D eigenvalue weighted by molar-refractivity contribution is 5.93. The lowest BCUT2D eigenvalue weighted by Gasteiger charge is -2.16. The van der Waals surface area contributed by atoms with Crippen LogP contribution in [0.5, 0.6) is 0 Å². The minimum absolute atomic E-state index is 0.215. The lowest BCUT2D eigenvalue weighted by molar-refractivity contribution is 0.0697. The predicted octanol–water partition coefficient (Wildman–Crippen LogP) is 1.93. The second kappa shape index (κ2) is 5.35. The molecule has 0 radical (unpaired) electrons. The fourth-order valence-electron chi connectivity index (χ4n) is 2.16. The third-order valence-corrected chi connectivity index (χ3v) is 3.36. The monoisotopic (exact) mass is 250 g/mol. The van der Waals surface area contributed by atoms with Gasteiger partial charge in [0.1, 0.15) is 5.56 Å². The Hall–Kier alpha value is -1.62. The van der Waals surface area contributed by atoms with Crippen LogP contribution in [0.4, 0.5) is 5.69 Å². The smallest absolute Gasteiger partial charge is 0.339 e. The molecule has 2 atom stereocenters. The highest BCUT2D eigenvalue weighted by Crippen LogP contribution is 2.22. The number of carbonyl (C=O) groups is 1. The van der Waals surface area contributed by atoms with Crippen molar-refractivity contribution >= 4 is 11.7 Å². The van der Waals surface area contributed by atoms with Crippen LogP contribution in [-0.4, -0.2) is 35.3 Å². The van der Waals surface area contributed by atoms with Gasteiger partial charge in [0.05, 0.1) is 11.8 Å². The summed E-state index contributed by atoms with van der Waals surface area (Å²) in [6.45, 7) is 5.41. The van der Waals surface area contributed by atoms with E-state index in [4.69, 9.17) is 9.84 Å². The van der Waals surface area contributed by atoms with Crippen molar-refractivity contribution < 1.29 is 14.6 Å². The SMILES string of the molecule is Cc1cc(NCC2CCOC2C)c(C(=O)O)cn1. The van der Waals surface area contributed by atoms with Gasteiger partial charge in [-0.15, -0.1) is 0 Å². The summed E-state index contributed by atoms with van der Waals surface area (Å²) in [6.07, 6.45) is 2.64. The van der Waals surface area contributed by atoms with E-state index in [-0.39, 0.29) is 11.7 Å². The van der Waals surface area contributed by atoms with Crippen molar-refractivity contribution in [3.05, 3.63) is 23.5 Å². The van der Waals surface area contributed by atoms with Crippen molar-refractivity contribution in [1.29, 1.82) is 0 Å². The van der Waals surface area contributed by atoms with Crippen LogP contribution in [0, 0.1) is 12.8 Å². The molecule has 2 rings (SSSR count). The van der Waals surface area contributed by atoms with Gasteiger partial charge >= 0.3 is 5.97 Å². The predicted molar refractivity (Wildman–Crippen MR) is 67.9 cm³/mol. The van der Waals surface area contributed by atoms with E-state index >= 15 is 0 Å². The number of rotatable bonds is 4. The van der Waals surface area contributed by atoms with Gasteiger partial charge in [-0.1, -0.05) is 0 Å². The molecule has 1 aliphatic rings. The average molecular weight is 250 g/mol. The summed E-state index contributed by atoms with van der Waals surface area (Å²) in [5.41, 5.74) is 1.65. The molecule has 98 valence electrons. The Morgan fingerprint density at radius 3 is 3.06 bits per heavy atom. The number of carboxylic acid groups (broad SMARTS) is 1. The molecule has 1 saturated heterocycles. The maximum atomic E-state index is 11.1. The quantitative estimate of drug-likeness (QED) is 0.854. The van der Waals surface area contributed by atoms with E-state index in [9.17, 15) is 4.79 Å². The van der Waals surface area contributed by atoms with Gasteiger partial charge in [0.2, 0.25) is 0 Å². The van der Waals surface area contributed by atoms with Gasteiger partial charge in [0, 0.05) is 31.0 Å². The molecule has 1 aromatic heterocycles. The van der Waals surface area contributed by atoms with Crippen molar-refractivity contribution in [3.8, 4) is 0 Å². The van der Waals surface area contributed by atoms with Crippen LogP contribution in [0.15, 0.2) is 12.3 Å². The Balaban J connectivity index is 2.08. The molecule has 0 amide bonds. The van der Waals surface area contributed by atoms with Crippen molar-refractivity contribution in [3.63, 3.8) is 0 Å². The summed E-state index contributed by atoms with van der Waals surface area (Å²) < 4.78 is 5.49. The number of hydrogen-bond acceptors (Lipinski definition) is 4. The first kappa shape index (κ1) is 12.8. The standard InChI is InChI=1S/C13H18N2O3/c1-8-5-12(11(7-14-8)13(16)17)15-6-10-3-4-18-9(10)2/h5,7,9-10H,3-4,6H2,1-2H3,(H,14,15)(H,16,17). The average Bonchev–Trinajstić information content (AvgIpc) is 2.72. The number of nitrogens with one attached hydrogen (secondary N) is 1. The lowest BCUT2D eigenvalue weighted by Crippen LogP contribution is -2.21. The summed E-state index contributed by atoms with van der Waals surface area (Å²) in [4.78, 5) is 15.1. The van der Waals surface area contributed by atoms with Crippen molar-refractivity contribution in [2.75, 3.05) is 18.5 Å². The number of hydrogen-bond donors (Lipinski definition) is 2. The van der Waals surface area contributed by atoms with Gasteiger partial charge < -0.3 is 15.2 Å². The molecule has 0 aromatic carbocycles. The van der Waals surface area contributed by atoms with E-state index < -0.39 is 5.97 Å². The Bertz CT molecular complexity index is 448. The Kier molecular flexibility index (Phi) is 3.81. The summed E-state index contributed by atoms with van der Waals surface area (Å²) in [7, 11) is 0. The minimum atomic E-state index is -0.958. The van der Waals surface area contributed by atoms with Gasteiger partial charge in [0.15, 0.2) is 0 Å². The van der Waals surface area contributed by atoms with Gasteiger partial charge in [0.25, 0.3) is 0 Å². The highest BCUT2D eigenvalue weighted by atomic mass is 16.5. The highest BCUT2D eigenvalue weighted by Gasteiger charge is 2.24. The zero-order valence-corrected chi connectivity index (χ0v) is 10.6. The fourth-order valence-corrected chi connectivity index (χ4v) is 2.16. The number of anilines is 1. The molecule has 0 aliphatic carbocycles. The van der Waals surface area contributed by atoms with Crippen LogP contribution in [0.3, 0.4) is 0 Å². The van der Waals surface area contributed by atoms with Crippen LogP contribution < -0.4 is 5.32 Å². The second-order valence-electron chi connectivity index (χ2n) is 4.68. The van der Waals surface area contributed by atoms with Crippen molar-refractivity contribution in [2.45, 2.75) is 26.4 Å². The van der Waals surface area contributed by atoms with Crippen LogP contribution in [0.2, 0.25) is 0 Å². The largest absolute Gasteiger partial charge is 0.478 e. The van der Waals surface area contributed by atoms with Gasteiger partial charge in [-0.3, -0.25) is 4.98 Å². The summed E-state index contributed by atoms with van der Waals surface area (Å²) in [5, 5.41) is 12.3. The summed E-state index contributed by atoms with van der Waals surface area (Å²) in [5.74, 6) is -0.527. The molecule has 5 heteroatoms. The third kappa shape index (κ3) is 2.79. The molecule has 1 aliphatic heterocycles.